The zero-order valence-electron chi connectivity index (χ0n) is 6.20. The Morgan fingerprint density at radius 2 is 2.15 bits per heavy atom. The normalized spacial score (nSPS) is 10.9. The van der Waals surface area contributed by atoms with Crippen LogP contribution < -0.4 is 0 Å². The largest absolute Gasteiger partial charge is 0.267 e. The fourth-order valence-electron chi connectivity index (χ4n) is 0.804. The van der Waals surface area contributed by atoms with E-state index in [1.807, 2.05) is 0 Å². The molecule has 0 amide bonds. The lowest BCUT2D eigenvalue weighted by atomic mass is 10.2. The fourth-order valence-corrected chi connectivity index (χ4v) is 2.23. The summed E-state index contributed by atoms with van der Waals surface area (Å²) in [4.78, 5) is 3.86. The second kappa shape index (κ2) is 4.70. The highest BCUT2D eigenvalue weighted by Gasteiger charge is 2.17. The van der Waals surface area contributed by atoms with Crippen LogP contribution in [0.1, 0.15) is 17.7 Å². The quantitative estimate of drug-likeness (QED) is 0.451. The van der Waals surface area contributed by atoms with Crippen LogP contribution in [0.25, 0.3) is 0 Å². The molecule has 6 heteroatoms. The van der Waals surface area contributed by atoms with E-state index < -0.39 is 6.43 Å². The summed E-state index contributed by atoms with van der Waals surface area (Å²) in [6.07, 6.45) is -2.60. The topological polar surface area (TPSA) is 12.9 Å². The molecule has 0 spiro atoms. The summed E-state index contributed by atoms with van der Waals surface area (Å²) in [5.41, 5.74) is 0.275. The molecule has 72 valence electrons. The molecule has 0 saturated carbocycles. The summed E-state index contributed by atoms with van der Waals surface area (Å²) in [6, 6.07) is 1.36. The van der Waals surface area contributed by atoms with Crippen LogP contribution in [-0.2, 0) is 5.88 Å². The molecule has 13 heavy (non-hydrogen) atoms. The van der Waals surface area contributed by atoms with E-state index in [-0.39, 0.29) is 20.2 Å². The Morgan fingerprint density at radius 1 is 1.54 bits per heavy atom. The van der Waals surface area contributed by atoms with Crippen LogP contribution in [-0.4, -0.2) is 4.98 Å². The molecule has 1 heterocycles. The molecule has 0 aliphatic carbocycles. The van der Waals surface area contributed by atoms with Crippen molar-refractivity contribution in [2.75, 3.05) is 0 Å². The summed E-state index contributed by atoms with van der Waals surface area (Å²) in [7, 11) is 0. The minimum Gasteiger partial charge on any atom is -0.245 e. The van der Waals surface area contributed by atoms with E-state index in [2.05, 4.69) is 4.98 Å². The lowest BCUT2D eigenvalue weighted by Gasteiger charge is -2.06. The molecule has 0 unspecified atom stereocenters. The lowest BCUT2D eigenvalue weighted by Crippen LogP contribution is -1.98. The number of pyridine rings is 1. The molecular weight excluding hydrogens is 334 g/mol. The van der Waals surface area contributed by atoms with Crippen molar-refractivity contribution in [3.05, 3.63) is 26.0 Å². The van der Waals surface area contributed by atoms with Gasteiger partial charge in [-0.2, -0.15) is 0 Å². The molecule has 1 nitrogen and oxygen atoms in total. The second-order valence-corrected chi connectivity index (χ2v) is 3.93. The number of hydrogen-bond donors (Lipinski definition) is 0. The molecule has 0 aliphatic heterocycles. The minimum absolute atomic E-state index is 0.0186. The second-order valence-electron chi connectivity index (χ2n) is 2.23. The van der Waals surface area contributed by atoms with Crippen molar-refractivity contribution in [1.29, 1.82) is 0 Å². The highest BCUT2D eigenvalue weighted by molar-refractivity contribution is 14.1. The zero-order chi connectivity index (χ0) is 10.0. The third-order valence-corrected chi connectivity index (χ3v) is 2.78. The third kappa shape index (κ3) is 2.63. The van der Waals surface area contributed by atoms with Gasteiger partial charge in [-0.15, -0.1) is 11.6 Å². The monoisotopic (exact) mass is 337 g/mol. The van der Waals surface area contributed by atoms with Gasteiger partial charge in [-0.1, -0.05) is 11.6 Å². The lowest BCUT2D eigenvalue weighted by molar-refractivity contribution is 0.150. The maximum absolute atomic E-state index is 12.4. The van der Waals surface area contributed by atoms with E-state index in [9.17, 15) is 8.78 Å². The van der Waals surface area contributed by atoms with E-state index >= 15 is 0 Å². The van der Waals surface area contributed by atoms with Crippen molar-refractivity contribution in [2.24, 2.45) is 0 Å². The molecule has 1 rings (SSSR count). The van der Waals surface area contributed by atoms with Crippen LogP contribution in [0.4, 0.5) is 8.78 Å². The van der Waals surface area contributed by atoms with Gasteiger partial charge in [-0.3, -0.25) is 0 Å². The summed E-state index contributed by atoms with van der Waals surface area (Å²) in [5, 5.41) is 0.0186. The van der Waals surface area contributed by atoms with E-state index in [4.69, 9.17) is 23.2 Å². The van der Waals surface area contributed by atoms with E-state index in [1.54, 1.807) is 22.6 Å². The van der Waals surface area contributed by atoms with Crippen molar-refractivity contribution in [3.63, 3.8) is 0 Å². The van der Waals surface area contributed by atoms with E-state index in [0.29, 0.717) is 5.69 Å². The Kier molecular flexibility index (Phi) is 4.12. The van der Waals surface area contributed by atoms with Crippen molar-refractivity contribution in [3.8, 4) is 0 Å². The van der Waals surface area contributed by atoms with Crippen molar-refractivity contribution < 1.29 is 8.78 Å². The molecule has 0 bridgehead atoms. The number of hydrogen-bond acceptors (Lipinski definition) is 1. The molecular formula is C7H4Cl2F2IN. The number of aromatic nitrogens is 1. The van der Waals surface area contributed by atoms with Crippen molar-refractivity contribution in [1.82, 2.24) is 4.98 Å². The average Bonchev–Trinajstić information content (AvgIpc) is 2.02. The Morgan fingerprint density at radius 3 is 2.54 bits per heavy atom. The van der Waals surface area contributed by atoms with Gasteiger partial charge in [0.15, 0.2) is 0 Å². The summed E-state index contributed by atoms with van der Waals surface area (Å²) < 4.78 is 24.9. The third-order valence-electron chi connectivity index (χ3n) is 1.37. The van der Waals surface area contributed by atoms with Gasteiger partial charge in [0.2, 0.25) is 0 Å². The summed E-state index contributed by atoms with van der Waals surface area (Å²) >= 11 is 12.8. The highest BCUT2D eigenvalue weighted by Crippen LogP contribution is 2.30. The van der Waals surface area contributed by atoms with Crippen LogP contribution >= 0.6 is 45.8 Å². The molecule has 0 saturated heterocycles. The molecule has 1 aromatic rings. The Labute approximate surface area is 97.6 Å². The molecule has 0 aromatic carbocycles. The molecule has 0 N–H and O–H groups in total. The first-order valence-corrected chi connectivity index (χ1v) is 5.24. The highest BCUT2D eigenvalue weighted by atomic mass is 127. The minimum atomic E-state index is -2.60. The Hall–Kier alpha value is 0.320. The Bertz CT molecular complexity index is 296. The first-order valence-electron chi connectivity index (χ1n) is 3.25. The average molecular weight is 338 g/mol. The maximum Gasteiger partial charge on any atom is 0.267 e. The SMILES string of the molecule is FC(F)c1c(Cl)cc(CCl)nc1I. The van der Waals surface area contributed by atoms with Gasteiger partial charge in [0.1, 0.15) is 3.70 Å². The van der Waals surface area contributed by atoms with Gasteiger partial charge in [-0.05, 0) is 28.7 Å². The van der Waals surface area contributed by atoms with Gasteiger partial charge >= 0.3 is 0 Å². The van der Waals surface area contributed by atoms with Gasteiger partial charge in [0.25, 0.3) is 6.43 Å². The first-order chi connectivity index (χ1) is 6.06. The number of alkyl halides is 3. The number of nitrogens with zero attached hydrogens (tertiary/aromatic N) is 1. The van der Waals surface area contributed by atoms with Crippen LogP contribution in [0.15, 0.2) is 6.07 Å². The molecule has 0 aliphatic rings. The van der Waals surface area contributed by atoms with Crippen LogP contribution in [0.2, 0.25) is 5.02 Å². The van der Waals surface area contributed by atoms with Crippen molar-refractivity contribution >= 4 is 45.8 Å². The summed E-state index contributed by atoms with van der Waals surface area (Å²) in [5.74, 6) is 0.166. The van der Waals surface area contributed by atoms with Gasteiger partial charge in [0.05, 0.1) is 22.2 Å². The first kappa shape index (κ1) is 11.4. The van der Waals surface area contributed by atoms with Crippen molar-refractivity contribution in [2.45, 2.75) is 12.3 Å². The van der Waals surface area contributed by atoms with Crippen LogP contribution in [0, 0.1) is 3.70 Å². The molecule has 0 radical (unpaired) electrons. The predicted molar refractivity (Wildman–Crippen MR) is 56.5 cm³/mol. The summed E-state index contributed by atoms with van der Waals surface area (Å²) in [6.45, 7) is 0. The van der Waals surface area contributed by atoms with E-state index in [0.717, 1.165) is 0 Å². The van der Waals surface area contributed by atoms with Gasteiger partial charge < -0.3 is 0 Å². The Balaban J connectivity index is 3.23. The van der Waals surface area contributed by atoms with Crippen LogP contribution in [0.3, 0.4) is 0 Å². The molecule has 1 aromatic heterocycles. The number of halogens is 5. The zero-order valence-corrected chi connectivity index (χ0v) is 9.87. The number of rotatable bonds is 2. The standard InChI is InChI=1S/C7H4Cl2F2IN/c8-2-3-1-4(9)5(6(10)11)7(12)13-3/h1,6H,2H2. The van der Waals surface area contributed by atoms with Gasteiger partial charge in [-0.25, -0.2) is 13.8 Å². The molecule has 0 atom stereocenters. The predicted octanol–water partition coefficient (Wildman–Crippen LogP) is 4.02. The maximum atomic E-state index is 12.4. The van der Waals surface area contributed by atoms with Gasteiger partial charge in [0, 0.05) is 0 Å². The smallest absolute Gasteiger partial charge is 0.245 e. The molecule has 0 fully saturated rings. The fraction of sp³-hybridized carbons (Fsp3) is 0.286. The van der Waals surface area contributed by atoms with E-state index in [1.165, 1.54) is 6.07 Å². The van der Waals surface area contributed by atoms with Crippen LogP contribution in [0.5, 0.6) is 0 Å².